The van der Waals surface area contributed by atoms with E-state index in [9.17, 15) is 9.18 Å². The van der Waals surface area contributed by atoms with E-state index in [2.05, 4.69) is 5.32 Å². The zero-order valence-corrected chi connectivity index (χ0v) is 12.1. The number of carbonyl (C=O) groups excluding carboxylic acids is 1. The van der Waals surface area contributed by atoms with Crippen molar-refractivity contribution in [3.63, 3.8) is 0 Å². The second kappa shape index (κ2) is 6.26. The standard InChI is InChI=1S/C16H18FN3O/c1-19-16(21)11-7-8-15(14(18)9-11)20(2)10-12-5-3-4-6-13(12)17/h3-9H,10,18H2,1-2H3,(H,19,21). The minimum Gasteiger partial charge on any atom is -0.397 e. The molecule has 0 aliphatic rings. The van der Waals surface area contributed by atoms with Gasteiger partial charge in [0, 0.05) is 31.8 Å². The van der Waals surface area contributed by atoms with E-state index in [1.54, 1.807) is 43.4 Å². The largest absolute Gasteiger partial charge is 0.397 e. The Morgan fingerprint density at radius 3 is 2.62 bits per heavy atom. The lowest BCUT2D eigenvalue weighted by Crippen LogP contribution is -2.20. The summed E-state index contributed by atoms with van der Waals surface area (Å²) in [5.74, 6) is -0.435. The normalized spacial score (nSPS) is 10.2. The minimum absolute atomic E-state index is 0.190. The van der Waals surface area contributed by atoms with Crippen molar-refractivity contribution in [1.29, 1.82) is 0 Å². The molecule has 0 aliphatic heterocycles. The van der Waals surface area contributed by atoms with Crippen molar-refractivity contribution in [3.8, 4) is 0 Å². The fourth-order valence-corrected chi connectivity index (χ4v) is 2.16. The van der Waals surface area contributed by atoms with Crippen LogP contribution in [0.1, 0.15) is 15.9 Å². The molecule has 0 saturated carbocycles. The number of anilines is 2. The average Bonchev–Trinajstić information content (AvgIpc) is 2.48. The van der Waals surface area contributed by atoms with Gasteiger partial charge in [-0.2, -0.15) is 0 Å². The number of nitrogens with one attached hydrogen (secondary N) is 1. The van der Waals surface area contributed by atoms with E-state index in [0.717, 1.165) is 5.69 Å². The van der Waals surface area contributed by atoms with E-state index in [1.807, 2.05) is 11.9 Å². The highest BCUT2D eigenvalue weighted by Crippen LogP contribution is 2.25. The van der Waals surface area contributed by atoms with Crippen molar-refractivity contribution in [2.24, 2.45) is 0 Å². The van der Waals surface area contributed by atoms with Gasteiger partial charge in [0.05, 0.1) is 11.4 Å². The highest BCUT2D eigenvalue weighted by atomic mass is 19.1. The summed E-state index contributed by atoms with van der Waals surface area (Å²) in [5.41, 5.74) is 8.32. The quantitative estimate of drug-likeness (QED) is 0.849. The van der Waals surface area contributed by atoms with Crippen molar-refractivity contribution in [3.05, 3.63) is 59.4 Å². The third kappa shape index (κ3) is 3.31. The molecule has 0 atom stereocenters. The van der Waals surface area contributed by atoms with Crippen molar-refractivity contribution < 1.29 is 9.18 Å². The Hall–Kier alpha value is -2.56. The maximum atomic E-state index is 13.7. The molecule has 2 rings (SSSR count). The van der Waals surface area contributed by atoms with Gasteiger partial charge < -0.3 is 16.0 Å². The summed E-state index contributed by atoms with van der Waals surface area (Å²) in [7, 11) is 3.40. The molecule has 110 valence electrons. The number of nitrogen functional groups attached to an aromatic ring is 1. The first-order valence-electron chi connectivity index (χ1n) is 6.59. The molecule has 0 saturated heterocycles. The lowest BCUT2D eigenvalue weighted by Gasteiger charge is -2.22. The molecule has 0 heterocycles. The number of nitrogens with two attached hydrogens (primary N) is 1. The Bertz CT molecular complexity index is 658. The topological polar surface area (TPSA) is 58.4 Å². The summed E-state index contributed by atoms with van der Waals surface area (Å²) in [5, 5.41) is 2.55. The van der Waals surface area contributed by atoms with Crippen LogP contribution in [0.4, 0.5) is 15.8 Å². The number of nitrogens with zero attached hydrogens (tertiary/aromatic N) is 1. The number of hydrogen-bond donors (Lipinski definition) is 2. The van der Waals surface area contributed by atoms with Gasteiger partial charge in [-0.05, 0) is 24.3 Å². The highest BCUT2D eigenvalue weighted by Gasteiger charge is 2.11. The molecule has 0 bridgehead atoms. The lowest BCUT2D eigenvalue weighted by atomic mass is 10.1. The Balaban J connectivity index is 2.22. The molecular weight excluding hydrogens is 269 g/mol. The Morgan fingerprint density at radius 1 is 1.29 bits per heavy atom. The fraction of sp³-hybridized carbons (Fsp3) is 0.188. The molecule has 21 heavy (non-hydrogen) atoms. The summed E-state index contributed by atoms with van der Waals surface area (Å²) in [4.78, 5) is 13.4. The van der Waals surface area contributed by atoms with Crippen LogP contribution in [0.15, 0.2) is 42.5 Å². The second-order valence-corrected chi connectivity index (χ2v) is 4.80. The van der Waals surface area contributed by atoms with E-state index in [-0.39, 0.29) is 11.7 Å². The summed E-state index contributed by atoms with van der Waals surface area (Å²) in [6, 6.07) is 11.7. The van der Waals surface area contributed by atoms with Crippen LogP contribution in [-0.4, -0.2) is 20.0 Å². The molecule has 5 heteroatoms. The van der Waals surface area contributed by atoms with Gasteiger partial charge in [0.25, 0.3) is 5.91 Å². The Morgan fingerprint density at radius 2 is 2.00 bits per heavy atom. The van der Waals surface area contributed by atoms with Crippen molar-refractivity contribution in [1.82, 2.24) is 5.32 Å². The van der Waals surface area contributed by atoms with Crippen LogP contribution >= 0.6 is 0 Å². The van der Waals surface area contributed by atoms with Crippen LogP contribution in [-0.2, 0) is 6.54 Å². The predicted molar refractivity (Wildman–Crippen MR) is 82.8 cm³/mol. The smallest absolute Gasteiger partial charge is 0.251 e. The molecule has 2 aromatic rings. The van der Waals surface area contributed by atoms with E-state index < -0.39 is 0 Å². The number of benzene rings is 2. The lowest BCUT2D eigenvalue weighted by molar-refractivity contribution is 0.0963. The molecule has 2 aromatic carbocycles. The van der Waals surface area contributed by atoms with Crippen LogP contribution in [0.3, 0.4) is 0 Å². The monoisotopic (exact) mass is 287 g/mol. The van der Waals surface area contributed by atoms with Crippen LogP contribution in [0.2, 0.25) is 0 Å². The van der Waals surface area contributed by atoms with Gasteiger partial charge in [-0.3, -0.25) is 4.79 Å². The van der Waals surface area contributed by atoms with Gasteiger partial charge in [0.2, 0.25) is 0 Å². The van der Waals surface area contributed by atoms with Crippen molar-refractivity contribution in [2.75, 3.05) is 24.7 Å². The van der Waals surface area contributed by atoms with Gasteiger partial charge in [-0.15, -0.1) is 0 Å². The molecule has 4 nitrogen and oxygen atoms in total. The summed E-state index contributed by atoms with van der Waals surface area (Å²) in [6.45, 7) is 0.399. The number of rotatable bonds is 4. The molecule has 0 radical (unpaired) electrons. The van der Waals surface area contributed by atoms with Gasteiger partial charge in [-0.25, -0.2) is 4.39 Å². The van der Waals surface area contributed by atoms with Gasteiger partial charge in [0.1, 0.15) is 5.82 Å². The number of carbonyl (C=O) groups is 1. The summed E-state index contributed by atoms with van der Waals surface area (Å²) < 4.78 is 13.7. The predicted octanol–water partition coefficient (Wildman–Crippen LogP) is 2.40. The Kier molecular flexibility index (Phi) is 4.42. The first-order chi connectivity index (χ1) is 10.0. The minimum atomic E-state index is -0.245. The van der Waals surface area contributed by atoms with E-state index >= 15 is 0 Å². The third-order valence-corrected chi connectivity index (χ3v) is 3.29. The Labute approximate surface area is 123 Å². The molecule has 0 spiro atoms. The number of hydrogen-bond acceptors (Lipinski definition) is 3. The van der Waals surface area contributed by atoms with Crippen LogP contribution in [0, 0.1) is 5.82 Å². The molecule has 0 fully saturated rings. The first-order valence-corrected chi connectivity index (χ1v) is 6.59. The third-order valence-electron chi connectivity index (χ3n) is 3.29. The molecule has 0 unspecified atom stereocenters. The van der Waals surface area contributed by atoms with Gasteiger partial charge >= 0.3 is 0 Å². The fourth-order valence-electron chi connectivity index (χ4n) is 2.16. The van der Waals surface area contributed by atoms with Gasteiger partial charge in [0.15, 0.2) is 0 Å². The van der Waals surface area contributed by atoms with Crippen molar-refractivity contribution >= 4 is 17.3 Å². The molecule has 3 N–H and O–H groups in total. The summed E-state index contributed by atoms with van der Waals surface area (Å²) >= 11 is 0. The SMILES string of the molecule is CNC(=O)c1ccc(N(C)Cc2ccccc2F)c(N)c1. The summed E-state index contributed by atoms with van der Waals surface area (Å²) in [6.07, 6.45) is 0. The molecule has 0 aromatic heterocycles. The zero-order chi connectivity index (χ0) is 15.4. The second-order valence-electron chi connectivity index (χ2n) is 4.80. The van der Waals surface area contributed by atoms with Crippen LogP contribution in [0.25, 0.3) is 0 Å². The maximum absolute atomic E-state index is 13.7. The molecule has 1 amide bonds. The maximum Gasteiger partial charge on any atom is 0.251 e. The van der Waals surface area contributed by atoms with Crippen LogP contribution < -0.4 is 16.0 Å². The highest BCUT2D eigenvalue weighted by molar-refractivity contribution is 5.96. The van der Waals surface area contributed by atoms with Crippen molar-refractivity contribution in [2.45, 2.75) is 6.54 Å². The molecule has 0 aliphatic carbocycles. The van der Waals surface area contributed by atoms with E-state index in [1.165, 1.54) is 6.07 Å². The number of amides is 1. The first kappa shape index (κ1) is 14.8. The van der Waals surface area contributed by atoms with E-state index in [4.69, 9.17) is 5.73 Å². The zero-order valence-electron chi connectivity index (χ0n) is 12.1. The van der Waals surface area contributed by atoms with Gasteiger partial charge in [-0.1, -0.05) is 18.2 Å². The number of halogens is 1. The van der Waals surface area contributed by atoms with Crippen LogP contribution in [0.5, 0.6) is 0 Å². The molecular formula is C16H18FN3O. The average molecular weight is 287 g/mol. The van der Waals surface area contributed by atoms with E-state index in [0.29, 0.717) is 23.4 Å².